The minimum atomic E-state index is -0.824. The highest BCUT2D eigenvalue weighted by Gasteiger charge is 2.18. The Hall–Kier alpha value is -0.910. The Kier molecular flexibility index (Phi) is 7.78. The zero-order chi connectivity index (χ0) is 13.4. The molecule has 0 radical (unpaired) electrons. The lowest BCUT2D eigenvalue weighted by molar-refractivity contribution is -0.137. The van der Waals surface area contributed by atoms with Gasteiger partial charge in [-0.05, 0) is 19.6 Å². The van der Waals surface area contributed by atoms with Crippen LogP contribution in [0.15, 0.2) is 0 Å². The second-order valence-corrected chi connectivity index (χ2v) is 5.03. The molecule has 0 aromatic heterocycles. The maximum atomic E-state index is 11.9. The summed E-state index contributed by atoms with van der Waals surface area (Å²) in [6.07, 6.45) is 2.59. The molecule has 0 bridgehead atoms. The Labute approximate surface area is 107 Å². The van der Waals surface area contributed by atoms with E-state index in [4.69, 9.17) is 5.11 Å². The fraction of sp³-hybridized carbons (Fsp3) is 0.818. The number of nitrogens with zero attached hydrogens (tertiary/aromatic N) is 2. The lowest BCUT2D eigenvalue weighted by Crippen LogP contribution is -2.44. The second-order valence-electron chi connectivity index (χ2n) is 4.12. The van der Waals surface area contributed by atoms with Crippen LogP contribution < -0.4 is 0 Å². The Morgan fingerprint density at radius 1 is 1.35 bits per heavy atom. The summed E-state index contributed by atoms with van der Waals surface area (Å²) in [4.78, 5) is 25.6. The van der Waals surface area contributed by atoms with E-state index >= 15 is 0 Å². The Balaban J connectivity index is 4.06. The van der Waals surface area contributed by atoms with E-state index in [1.807, 2.05) is 13.2 Å². The van der Waals surface area contributed by atoms with Crippen molar-refractivity contribution in [2.24, 2.45) is 0 Å². The van der Waals surface area contributed by atoms with E-state index in [1.165, 1.54) is 0 Å². The number of urea groups is 1. The molecular weight excluding hydrogens is 240 g/mol. The third-order valence-corrected chi connectivity index (χ3v) is 3.40. The minimum Gasteiger partial charge on any atom is -0.481 e. The van der Waals surface area contributed by atoms with Crippen molar-refractivity contribution in [2.75, 3.05) is 32.6 Å². The molecule has 0 saturated carbocycles. The molecule has 100 valence electrons. The Morgan fingerprint density at radius 3 is 2.41 bits per heavy atom. The van der Waals surface area contributed by atoms with Gasteiger partial charge >= 0.3 is 12.0 Å². The van der Waals surface area contributed by atoms with Gasteiger partial charge in [-0.25, -0.2) is 4.79 Å². The van der Waals surface area contributed by atoms with Crippen LogP contribution in [-0.4, -0.2) is 65.6 Å². The number of carboxylic acids is 1. The van der Waals surface area contributed by atoms with Gasteiger partial charge in [0.2, 0.25) is 0 Å². The number of aliphatic carboxylic acids is 1. The monoisotopic (exact) mass is 262 g/mol. The van der Waals surface area contributed by atoms with E-state index in [-0.39, 0.29) is 18.5 Å². The summed E-state index contributed by atoms with van der Waals surface area (Å²) in [5.74, 6) is 0.0699. The zero-order valence-corrected chi connectivity index (χ0v) is 11.8. The maximum absolute atomic E-state index is 11.9. The molecule has 2 amide bonds. The van der Waals surface area contributed by atoms with Crippen LogP contribution in [0.1, 0.15) is 19.8 Å². The van der Waals surface area contributed by atoms with Crippen LogP contribution >= 0.6 is 11.8 Å². The fourth-order valence-corrected chi connectivity index (χ4v) is 2.08. The number of rotatable bonds is 7. The van der Waals surface area contributed by atoms with Crippen molar-refractivity contribution < 1.29 is 14.7 Å². The molecule has 17 heavy (non-hydrogen) atoms. The molecule has 1 N–H and O–H groups in total. The highest BCUT2D eigenvalue weighted by atomic mass is 32.2. The van der Waals surface area contributed by atoms with Gasteiger partial charge in [-0.15, -0.1) is 0 Å². The lowest BCUT2D eigenvalue weighted by Gasteiger charge is -2.29. The number of hydrogen-bond acceptors (Lipinski definition) is 3. The standard InChI is InChI=1S/C11H22N2O3S/c1-9(8-17-4)13(3)11(16)12(2)7-5-6-10(14)15/h9H,5-8H2,1-4H3,(H,14,15). The molecule has 0 heterocycles. The highest BCUT2D eigenvalue weighted by molar-refractivity contribution is 7.98. The Morgan fingerprint density at radius 2 is 1.94 bits per heavy atom. The smallest absolute Gasteiger partial charge is 0.319 e. The topological polar surface area (TPSA) is 60.9 Å². The molecule has 0 saturated heterocycles. The van der Waals surface area contributed by atoms with Gasteiger partial charge in [-0.1, -0.05) is 0 Å². The molecule has 6 heteroatoms. The van der Waals surface area contributed by atoms with Crippen molar-refractivity contribution in [3.63, 3.8) is 0 Å². The molecule has 0 aliphatic rings. The number of carbonyl (C=O) groups excluding carboxylic acids is 1. The average molecular weight is 262 g/mol. The molecule has 0 aliphatic carbocycles. The van der Waals surface area contributed by atoms with Gasteiger partial charge in [0.05, 0.1) is 0 Å². The first-order chi connectivity index (χ1) is 7.90. The van der Waals surface area contributed by atoms with E-state index in [2.05, 4.69) is 0 Å². The number of hydrogen-bond donors (Lipinski definition) is 1. The number of amides is 2. The molecule has 0 rings (SSSR count). The van der Waals surface area contributed by atoms with Crippen molar-refractivity contribution in [3.8, 4) is 0 Å². The molecule has 0 fully saturated rings. The predicted molar refractivity (Wildman–Crippen MR) is 70.5 cm³/mol. The molecule has 0 aromatic rings. The van der Waals surface area contributed by atoms with Crippen LogP contribution in [0, 0.1) is 0 Å². The van der Waals surface area contributed by atoms with E-state index in [9.17, 15) is 9.59 Å². The fourth-order valence-electron chi connectivity index (χ4n) is 1.37. The van der Waals surface area contributed by atoms with Crippen molar-refractivity contribution in [3.05, 3.63) is 0 Å². The number of carboxylic acid groups (broad SMARTS) is 1. The largest absolute Gasteiger partial charge is 0.481 e. The molecule has 1 atom stereocenters. The van der Waals surface area contributed by atoms with Crippen LogP contribution in [0.2, 0.25) is 0 Å². The molecule has 0 aromatic carbocycles. The molecule has 0 spiro atoms. The first-order valence-electron chi connectivity index (χ1n) is 5.58. The predicted octanol–water partition coefficient (Wildman–Crippen LogP) is 1.59. The van der Waals surface area contributed by atoms with Gasteiger partial charge in [0.25, 0.3) is 0 Å². The summed E-state index contributed by atoms with van der Waals surface area (Å²) in [7, 11) is 3.48. The Bertz CT molecular complexity index is 261. The van der Waals surface area contributed by atoms with E-state index in [1.54, 1.807) is 35.7 Å². The summed E-state index contributed by atoms with van der Waals surface area (Å²) in [5, 5.41) is 8.52. The normalized spacial score (nSPS) is 12.0. The van der Waals surface area contributed by atoms with Crippen LogP contribution in [0.5, 0.6) is 0 Å². The second kappa shape index (κ2) is 8.22. The molecule has 1 unspecified atom stereocenters. The first kappa shape index (κ1) is 16.1. The number of carbonyl (C=O) groups is 2. The SMILES string of the molecule is CSCC(C)N(C)C(=O)N(C)CCCC(=O)O. The third kappa shape index (κ3) is 6.41. The van der Waals surface area contributed by atoms with Crippen LogP contribution in [0.3, 0.4) is 0 Å². The highest BCUT2D eigenvalue weighted by Crippen LogP contribution is 2.06. The van der Waals surface area contributed by atoms with E-state index < -0.39 is 5.97 Å². The van der Waals surface area contributed by atoms with Crippen molar-refractivity contribution in [2.45, 2.75) is 25.8 Å². The zero-order valence-electron chi connectivity index (χ0n) is 11.0. The van der Waals surface area contributed by atoms with Crippen molar-refractivity contribution >= 4 is 23.8 Å². The summed E-state index contributed by atoms with van der Waals surface area (Å²) < 4.78 is 0. The van der Waals surface area contributed by atoms with Crippen LogP contribution in [0.25, 0.3) is 0 Å². The van der Waals surface area contributed by atoms with Gasteiger partial charge in [-0.2, -0.15) is 11.8 Å². The quantitative estimate of drug-likeness (QED) is 0.757. The van der Waals surface area contributed by atoms with Crippen molar-refractivity contribution in [1.82, 2.24) is 9.80 Å². The van der Waals surface area contributed by atoms with Gasteiger partial charge in [0.1, 0.15) is 0 Å². The average Bonchev–Trinajstić information content (AvgIpc) is 2.26. The van der Waals surface area contributed by atoms with E-state index in [0.717, 1.165) is 5.75 Å². The first-order valence-corrected chi connectivity index (χ1v) is 6.98. The molecule has 5 nitrogen and oxygen atoms in total. The molecule has 0 aliphatic heterocycles. The van der Waals surface area contributed by atoms with E-state index in [0.29, 0.717) is 13.0 Å². The minimum absolute atomic E-state index is 0.0584. The third-order valence-electron chi connectivity index (χ3n) is 2.58. The maximum Gasteiger partial charge on any atom is 0.319 e. The molecular formula is C11H22N2O3S. The van der Waals surface area contributed by atoms with Gasteiger partial charge in [0, 0.05) is 38.9 Å². The van der Waals surface area contributed by atoms with Crippen LogP contribution in [-0.2, 0) is 4.79 Å². The van der Waals surface area contributed by atoms with Gasteiger partial charge in [0.15, 0.2) is 0 Å². The summed E-state index contributed by atoms with van der Waals surface area (Å²) >= 11 is 1.70. The van der Waals surface area contributed by atoms with Gasteiger partial charge < -0.3 is 14.9 Å². The van der Waals surface area contributed by atoms with Gasteiger partial charge in [-0.3, -0.25) is 4.79 Å². The van der Waals surface area contributed by atoms with Crippen LogP contribution in [0.4, 0.5) is 4.79 Å². The summed E-state index contributed by atoms with van der Waals surface area (Å²) in [5.41, 5.74) is 0. The lowest BCUT2D eigenvalue weighted by atomic mass is 10.3. The number of thioether (sulfide) groups is 1. The van der Waals surface area contributed by atoms with Crippen molar-refractivity contribution in [1.29, 1.82) is 0 Å². The summed E-state index contributed by atoms with van der Waals surface area (Å²) in [6, 6.07) is 0.122. The summed E-state index contributed by atoms with van der Waals surface area (Å²) in [6.45, 7) is 2.47.